The quantitative estimate of drug-likeness (QED) is 0.287. The van der Waals surface area contributed by atoms with Gasteiger partial charge in [-0.2, -0.15) is 13.2 Å². The molecule has 0 amide bonds. The first kappa shape index (κ1) is 26.8. The summed E-state index contributed by atoms with van der Waals surface area (Å²) in [5.41, 5.74) is 0.584. The molecule has 7 nitrogen and oxygen atoms in total. The number of aromatic nitrogens is 5. The minimum atomic E-state index is -4.59. The lowest BCUT2D eigenvalue weighted by molar-refractivity contribution is -0.136. The standard InChI is InChI=1S/C30H35F3N6O/c1-3-37-19-34-35-28(37)27(22-8-4-9-22)23-10-5-11-24(14-23)38-18-26-25(30(31,32)33)13-21(17-39(26)29(38)40)16-36-12-6-7-20(2)15-36/h5,10-11,13-14,17-20,22,27H,3-4,6-9,12,15-16H2,1-2H3/t20-,27-/m0/s1. The lowest BCUT2D eigenvalue weighted by Crippen LogP contribution is -2.34. The topological polar surface area (TPSA) is 60.4 Å². The summed E-state index contributed by atoms with van der Waals surface area (Å²) in [6, 6.07) is 8.78. The summed E-state index contributed by atoms with van der Waals surface area (Å²) in [7, 11) is 0. The highest BCUT2D eigenvalue weighted by atomic mass is 19.4. The van der Waals surface area contributed by atoms with Crippen molar-refractivity contribution in [3.63, 3.8) is 0 Å². The van der Waals surface area contributed by atoms with E-state index in [9.17, 15) is 18.0 Å². The summed E-state index contributed by atoms with van der Waals surface area (Å²) in [5.74, 6) is 1.81. The molecule has 2 atom stereocenters. The van der Waals surface area contributed by atoms with E-state index in [-0.39, 0.29) is 11.4 Å². The van der Waals surface area contributed by atoms with Crippen molar-refractivity contribution < 1.29 is 13.2 Å². The summed E-state index contributed by atoms with van der Waals surface area (Å²) >= 11 is 0. The van der Waals surface area contributed by atoms with E-state index in [1.165, 1.54) is 16.8 Å². The van der Waals surface area contributed by atoms with E-state index in [0.717, 1.165) is 67.5 Å². The fraction of sp³-hybridized carbons (Fsp3) is 0.500. The molecule has 6 rings (SSSR count). The van der Waals surface area contributed by atoms with Gasteiger partial charge >= 0.3 is 11.9 Å². The summed E-state index contributed by atoms with van der Waals surface area (Å²) in [5, 5.41) is 8.57. The molecule has 1 aliphatic carbocycles. The molecule has 2 fully saturated rings. The molecule has 0 radical (unpaired) electrons. The maximum Gasteiger partial charge on any atom is 0.418 e. The molecule has 1 aromatic carbocycles. The minimum absolute atomic E-state index is 0.00755. The Morgan fingerprint density at radius 1 is 1.10 bits per heavy atom. The third kappa shape index (κ3) is 4.98. The molecule has 1 saturated carbocycles. The van der Waals surface area contributed by atoms with Crippen molar-refractivity contribution in [1.29, 1.82) is 0 Å². The Labute approximate surface area is 231 Å². The molecule has 0 N–H and O–H groups in total. The molecular formula is C30H35F3N6O. The number of alkyl halides is 3. The Bertz CT molecular complexity index is 1560. The molecule has 1 aliphatic heterocycles. The van der Waals surface area contributed by atoms with Crippen LogP contribution in [0.25, 0.3) is 11.2 Å². The second kappa shape index (κ2) is 10.5. The van der Waals surface area contributed by atoms with Crippen molar-refractivity contribution in [1.82, 2.24) is 28.6 Å². The Hall–Kier alpha value is -3.40. The molecule has 40 heavy (non-hydrogen) atoms. The monoisotopic (exact) mass is 552 g/mol. The fourth-order valence-electron chi connectivity index (χ4n) is 6.45. The van der Waals surface area contributed by atoms with Gasteiger partial charge in [0.25, 0.3) is 0 Å². The number of piperidine rings is 1. The van der Waals surface area contributed by atoms with Crippen molar-refractivity contribution in [3.05, 3.63) is 82.1 Å². The van der Waals surface area contributed by atoms with Crippen molar-refractivity contribution in [2.24, 2.45) is 11.8 Å². The third-order valence-electron chi connectivity index (χ3n) is 8.67. The van der Waals surface area contributed by atoms with E-state index < -0.39 is 17.4 Å². The first-order chi connectivity index (χ1) is 19.2. The largest absolute Gasteiger partial charge is 0.418 e. The lowest BCUT2D eigenvalue weighted by atomic mass is 9.72. The van der Waals surface area contributed by atoms with Crippen LogP contribution in [0, 0.1) is 11.8 Å². The maximum absolute atomic E-state index is 14.3. The molecule has 0 bridgehead atoms. The molecule has 3 aromatic heterocycles. The van der Waals surface area contributed by atoms with Gasteiger partial charge in [0.2, 0.25) is 0 Å². The summed E-state index contributed by atoms with van der Waals surface area (Å²) in [4.78, 5) is 15.8. The number of hydrogen-bond donors (Lipinski definition) is 0. The zero-order chi connectivity index (χ0) is 28.0. The van der Waals surface area contributed by atoms with Gasteiger partial charge in [-0.1, -0.05) is 25.5 Å². The fourth-order valence-corrected chi connectivity index (χ4v) is 6.45. The van der Waals surface area contributed by atoms with Crippen LogP contribution in [-0.2, 0) is 19.3 Å². The van der Waals surface area contributed by atoms with Gasteiger partial charge in [-0.25, -0.2) is 4.79 Å². The van der Waals surface area contributed by atoms with Crippen LogP contribution in [0.5, 0.6) is 0 Å². The summed E-state index contributed by atoms with van der Waals surface area (Å²) in [6.07, 6.45) is 5.51. The minimum Gasteiger partial charge on any atom is -0.317 e. The Kier molecular flexibility index (Phi) is 7.06. The molecule has 0 spiro atoms. The molecule has 4 aromatic rings. The predicted octanol–water partition coefficient (Wildman–Crippen LogP) is 5.88. The molecule has 212 valence electrons. The number of aryl methyl sites for hydroxylation is 1. The number of rotatable bonds is 7. The molecule has 2 aliphatic rings. The van der Waals surface area contributed by atoms with E-state index in [1.807, 2.05) is 29.7 Å². The molecule has 1 saturated heterocycles. The Morgan fingerprint density at radius 2 is 1.93 bits per heavy atom. The van der Waals surface area contributed by atoms with Gasteiger partial charge in [0.05, 0.1) is 16.8 Å². The zero-order valence-electron chi connectivity index (χ0n) is 22.9. The van der Waals surface area contributed by atoms with E-state index in [2.05, 4.69) is 22.0 Å². The van der Waals surface area contributed by atoms with Crippen molar-refractivity contribution >= 4 is 5.52 Å². The van der Waals surface area contributed by atoms with E-state index in [1.54, 1.807) is 18.6 Å². The van der Waals surface area contributed by atoms with E-state index in [4.69, 9.17) is 0 Å². The molecule has 0 unspecified atom stereocenters. The third-order valence-corrected chi connectivity index (χ3v) is 8.67. The van der Waals surface area contributed by atoms with Crippen LogP contribution in [0.15, 0.2) is 53.8 Å². The number of hydrogen-bond acceptors (Lipinski definition) is 4. The first-order valence-corrected chi connectivity index (χ1v) is 14.3. The van der Waals surface area contributed by atoms with Gasteiger partial charge in [-0.15, -0.1) is 10.2 Å². The van der Waals surface area contributed by atoms with Gasteiger partial charge < -0.3 is 4.57 Å². The maximum atomic E-state index is 14.3. The smallest absolute Gasteiger partial charge is 0.317 e. The second-order valence-electron chi connectivity index (χ2n) is 11.5. The van der Waals surface area contributed by atoms with Crippen LogP contribution in [-0.4, -0.2) is 41.7 Å². The van der Waals surface area contributed by atoms with Gasteiger partial charge in [0, 0.05) is 37.9 Å². The van der Waals surface area contributed by atoms with Crippen molar-refractivity contribution in [2.75, 3.05) is 13.1 Å². The van der Waals surface area contributed by atoms with E-state index in [0.29, 0.717) is 29.6 Å². The summed E-state index contributed by atoms with van der Waals surface area (Å²) in [6.45, 7) is 7.03. The Balaban J connectivity index is 1.42. The Morgan fingerprint density at radius 3 is 2.62 bits per heavy atom. The van der Waals surface area contributed by atoms with Crippen LogP contribution in [0.3, 0.4) is 0 Å². The van der Waals surface area contributed by atoms with Gasteiger partial charge in [0.15, 0.2) is 0 Å². The normalized spacial score (nSPS) is 19.7. The van der Waals surface area contributed by atoms with Crippen molar-refractivity contribution in [3.8, 4) is 5.69 Å². The number of imidazole rings is 1. The predicted molar refractivity (Wildman–Crippen MR) is 147 cm³/mol. The number of pyridine rings is 1. The number of benzene rings is 1. The first-order valence-electron chi connectivity index (χ1n) is 14.3. The highest BCUT2D eigenvalue weighted by Crippen LogP contribution is 2.43. The molecular weight excluding hydrogens is 517 g/mol. The zero-order valence-corrected chi connectivity index (χ0v) is 22.9. The van der Waals surface area contributed by atoms with Crippen molar-refractivity contribution in [2.45, 2.75) is 71.1 Å². The molecule has 10 heteroatoms. The van der Waals surface area contributed by atoms with Crippen LogP contribution in [0.1, 0.15) is 74.4 Å². The SMILES string of the molecule is CCn1cnnc1[C@H](c1cccc(-n2cc3c(C(F)(F)F)cc(CN4CCC[C@H](C)C4)cn3c2=O)c1)C1CCC1. The van der Waals surface area contributed by atoms with Gasteiger partial charge in [0.1, 0.15) is 12.2 Å². The average Bonchev–Trinajstić information content (AvgIpc) is 3.49. The number of halogens is 3. The molecule has 4 heterocycles. The number of likely N-dealkylation sites (tertiary alicyclic amines) is 1. The van der Waals surface area contributed by atoms with Crippen LogP contribution < -0.4 is 5.69 Å². The second-order valence-corrected chi connectivity index (χ2v) is 11.5. The highest BCUT2D eigenvalue weighted by molar-refractivity contribution is 5.58. The van der Waals surface area contributed by atoms with E-state index >= 15 is 0 Å². The summed E-state index contributed by atoms with van der Waals surface area (Å²) < 4.78 is 47.3. The van der Waals surface area contributed by atoms with Crippen LogP contribution >= 0.6 is 0 Å². The number of nitrogens with zero attached hydrogens (tertiary/aromatic N) is 6. The van der Waals surface area contributed by atoms with Gasteiger partial charge in [-0.3, -0.25) is 13.9 Å². The number of fused-ring (bicyclic) bond motifs is 1. The van der Waals surface area contributed by atoms with Crippen LogP contribution in [0.2, 0.25) is 0 Å². The van der Waals surface area contributed by atoms with Crippen LogP contribution in [0.4, 0.5) is 13.2 Å². The highest BCUT2D eigenvalue weighted by Gasteiger charge is 2.36. The lowest BCUT2D eigenvalue weighted by Gasteiger charge is -2.33. The average molecular weight is 553 g/mol. The van der Waals surface area contributed by atoms with Gasteiger partial charge in [-0.05, 0) is 80.3 Å².